The fraction of sp³-hybridized carbons (Fsp3) is 0.364. The number of carbonyl (C=O) groups excluding carboxylic acids is 2. The summed E-state index contributed by atoms with van der Waals surface area (Å²) in [5.41, 5.74) is 1.43. The lowest BCUT2D eigenvalue weighted by Gasteiger charge is -2.37. The Bertz CT molecular complexity index is 962. The van der Waals surface area contributed by atoms with Crippen molar-refractivity contribution in [1.29, 1.82) is 0 Å². The van der Waals surface area contributed by atoms with Crippen LogP contribution >= 0.6 is 34.8 Å². The molecule has 1 heterocycles. The number of benzene rings is 2. The molecule has 1 atom stereocenters. The van der Waals surface area contributed by atoms with Crippen LogP contribution in [0.15, 0.2) is 36.4 Å². The van der Waals surface area contributed by atoms with Gasteiger partial charge in [0, 0.05) is 42.6 Å². The van der Waals surface area contributed by atoms with Gasteiger partial charge in [-0.3, -0.25) is 9.59 Å². The summed E-state index contributed by atoms with van der Waals surface area (Å²) >= 11 is 18.2. The molecule has 0 unspecified atom stereocenters. The Morgan fingerprint density at radius 1 is 1.03 bits per heavy atom. The van der Waals surface area contributed by atoms with Gasteiger partial charge in [-0.05, 0) is 43.3 Å². The lowest BCUT2D eigenvalue weighted by molar-refractivity contribution is -0.131. The second kappa shape index (κ2) is 10.4. The van der Waals surface area contributed by atoms with E-state index in [9.17, 15) is 9.59 Å². The molecule has 2 aromatic carbocycles. The molecule has 166 valence electrons. The van der Waals surface area contributed by atoms with Crippen LogP contribution in [0.3, 0.4) is 0 Å². The van der Waals surface area contributed by atoms with E-state index in [1.54, 1.807) is 37.3 Å². The molecule has 2 amide bonds. The van der Waals surface area contributed by atoms with E-state index in [0.717, 1.165) is 5.69 Å². The van der Waals surface area contributed by atoms with Crippen molar-refractivity contribution in [1.82, 2.24) is 4.90 Å². The number of ether oxygens (including phenoxy) is 1. The van der Waals surface area contributed by atoms with Crippen LogP contribution in [0.4, 0.5) is 11.4 Å². The van der Waals surface area contributed by atoms with Crippen molar-refractivity contribution < 1.29 is 14.3 Å². The SMILES string of the molecule is CCC(=O)N1CCN(c2ccc(Cl)cc2NC(=O)[C@H](C)Oc2ccc(Cl)cc2Cl)CC1. The van der Waals surface area contributed by atoms with E-state index < -0.39 is 6.10 Å². The average Bonchev–Trinajstić information content (AvgIpc) is 2.75. The van der Waals surface area contributed by atoms with Crippen LogP contribution in [0.2, 0.25) is 15.1 Å². The normalized spacial score (nSPS) is 14.9. The molecule has 0 spiro atoms. The molecule has 1 fully saturated rings. The first-order valence-electron chi connectivity index (χ1n) is 10.0. The Labute approximate surface area is 197 Å². The summed E-state index contributed by atoms with van der Waals surface area (Å²) < 4.78 is 5.71. The van der Waals surface area contributed by atoms with Gasteiger partial charge in [-0.1, -0.05) is 41.7 Å². The van der Waals surface area contributed by atoms with E-state index in [1.165, 1.54) is 0 Å². The van der Waals surface area contributed by atoms with Crippen LogP contribution in [-0.4, -0.2) is 49.0 Å². The van der Waals surface area contributed by atoms with Gasteiger partial charge in [-0.15, -0.1) is 0 Å². The van der Waals surface area contributed by atoms with Gasteiger partial charge in [0.1, 0.15) is 5.75 Å². The van der Waals surface area contributed by atoms with Crippen molar-refractivity contribution in [2.24, 2.45) is 0 Å². The Morgan fingerprint density at radius 3 is 2.32 bits per heavy atom. The molecular weight excluding hydrogens is 461 g/mol. The first kappa shape index (κ1) is 23.5. The standard InChI is InChI=1S/C22H24Cl3N3O3/c1-3-21(29)28-10-8-27(9-11-28)19-6-4-16(24)13-18(19)26-22(30)14(2)31-20-7-5-15(23)12-17(20)25/h4-7,12-14H,3,8-11H2,1-2H3,(H,26,30)/t14-/m0/s1. The predicted molar refractivity (Wildman–Crippen MR) is 126 cm³/mol. The zero-order chi connectivity index (χ0) is 22.5. The van der Waals surface area contributed by atoms with E-state index in [4.69, 9.17) is 39.5 Å². The second-order valence-corrected chi connectivity index (χ2v) is 8.49. The number of hydrogen-bond donors (Lipinski definition) is 1. The van der Waals surface area contributed by atoms with Crippen LogP contribution in [0.25, 0.3) is 0 Å². The van der Waals surface area contributed by atoms with Crippen LogP contribution < -0.4 is 15.0 Å². The molecule has 0 radical (unpaired) electrons. The maximum absolute atomic E-state index is 12.8. The van der Waals surface area contributed by atoms with Gasteiger partial charge in [0.25, 0.3) is 5.91 Å². The van der Waals surface area contributed by atoms with Gasteiger partial charge in [0.15, 0.2) is 6.10 Å². The largest absolute Gasteiger partial charge is 0.479 e. The molecule has 1 aliphatic rings. The third-order valence-corrected chi connectivity index (χ3v) is 5.82. The van der Waals surface area contributed by atoms with Crippen LogP contribution in [0.1, 0.15) is 20.3 Å². The molecular formula is C22H24Cl3N3O3. The lowest BCUT2D eigenvalue weighted by Crippen LogP contribution is -2.48. The molecule has 0 saturated carbocycles. The highest BCUT2D eigenvalue weighted by molar-refractivity contribution is 6.35. The van der Waals surface area contributed by atoms with Crippen molar-refractivity contribution in [3.63, 3.8) is 0 Å². The first-order valence-corrected chi connectivity index (χ1v) is 11.2. The van der Waals surface area contributed by atoms with Gasteiger partial charge in [-0.2, -0.15) is 0 Å². The number of hydrogen-bond acceptors (Lipinski definition) is 4. The summed E-state index contributed by atoms with van der Waals surface area (Å²) in [4.78, 5) is 28.7. The molecule has 0 aliphatic carbocycles. The van der Waals surface area contributed by atoms with Gasteiger partial charge in [0.05, 0.1) is 16.4 Å². The van der Waals surface area contributed by atoms with E-state index in [1.807, 2.05) is 17.9 Å². The fourth-order valence-corrected chi connectivity index (χ4v) is 3.98. The molecule has 2 aromatic rings. The van der Waals surface area contributed by atoms with E-state index in [-0.39, 0.29) is 11.8 Å². The van der Waals surface area contributed by atoms with Gasteiger partial charge in [-0.25, -0.2) is 0 Å². The minimum absolute atomic E-state index is 0.149. The zero-order valence-electron chi connectivity index (χ0n) is 17.3. The van der Waals surface area contributed by atoms with Crippen molar-refractivity contribution >= 4 is 58.0 Å². The quantitative estimate of drug-likeness (QED) is 0.619. The highest BCUT2D eigenvalue weighted by Crippen LogP contribution is 2.31. The molecule has 1 saturated heterocycles. The zero-order valence-corrected chi connectivity index (χ0v) is 19.6. The smallest absolute Gasteiger partial charge is 0.265 e. The van der Waals surface area contributed by atoms with Crippen LogP contribution in [0, 0.1) is 0 Å². The third kappa shape index (κ3) is 5.97. The summed E-state index contributed by atoms with van der Waals surface area (Å²) in [5, 5.41) is 4.23. The molecule has 1 N–H and O–H groups in total. The first-order chi connectivity index (χ1) is 14.8. The molecule has 0 aromatic heterocycles. The van der Waals surface area contributed by atoms with Crippen molar-refractivity contribution in [3.8, 4) is 5.75 Å². The number of carbonyl (C=O) groups is 2. The van der Waals surface area contributed by atoms with Crippen molar-refractivity contribution in [2.75, 3.05) is 36.4 Å². The highest BCUT2D eigenvalue weighted by Gasteiger charge is 2.24. The molecule has 1 aliphatic heterocycles. The fourth-order valence-electron chi connectivity index (χ4n) is 3.35. The van der Waals surface area contributed by atoms with Crippen LogP contribution in [0.5, 0.6) is 5.75 Å². The lowest BCUT2D eigenvalue weighted by atomic mass is 10.2. The third-order valence-electron chi connectivity index (χ3n) is 5.06. The molecule has 6 nitrogen and oxygen atoms in total. The Morgan fingerprint density at radius 2 is 1.68 bits per heavy atom. The van der Waals surface area contributed by atoms with Gasteiger partial charge < -0.3 is 19.9 Å². The second-order valence-electron chi connectivity index (χ2n) is 7.21. The summed E-state index contributed by atoms with van der Waals surface area (Å²) in [7, 11) is 0. The Kier molecular flexibility index (Phi) is 7.92. The van der Waals surface area contributed by atoms with Crippen LogP contribution in [-0.2, 0) is 9.59 Å². The minimum Gasteiger partial charge on any atom is -0.479 e. The molecule has 31 heavy (non-hydrogen) atoms. The summed E-state index contributed by atoms with van der Waals surface area (Å²) in [6, 6.07) is 10.2. The topological polar surface area (TPSA) is 61.9 Å². The molecule has 9 heteroatoms. The average molecular weight is 485 g/mol. The number of nitrogens with one attached hydrogen (secondary N) is 1. The predicted octanol–water partition coefficient (Wildman–Crippen LogP) is 5.11. The Hall–Kier alpha value is -2.15. The number of nitrogens with zero attached hydrogens (tertiary/aromatic N) is 2. The number of rotatable bonds is 6. The van der Waals surface area contributed by atoms with E-state index in [2.05, 4.69) is 10.2 Å². The number of halogens is 3. The minimum atomic E-state index is -0.801. The maximum atomic E-state index is 12.8. The maximum Gasteiger partial charge on any atom is 0.265 e. The number of piperazine rings is 1. The van der Waals surface area contributed by atoms with Crippen molar-refractivity contribution in [2.45, 2.75) is 26.4 Å². The summed E-state index contributed by atoms with van der Waals surface area (Å²) in [6.45, 7) is 6.11. The highest BCUT2D eigenvalue weighted by atomic mass is 35.5. The van der Waals surface area contributed by atoms with E-state index in [0.29, 0.717) is 59.1 Å². The monoisotopic (exact) mass is 483 g/mol. The Balaban J connectivity index is 1.70. The van der Waals surface area contributed by atoms with Gasteiger partial charge in [0.2, 0.25) is 5.91 Å². The summed E-state index contributed by atoms with van der Waals surface area (Å²) in [5.74, 6) is 0.183. The molecule has 0 bridgehead atoms. The van der Waals surface area contributed by atoms with Crippen molar-refractivity contribution in [3.05, 3.63) is 51.5 Å². The van der Waals surface area contributed by atoms with Gasteiger partial charge >= 0.3 is 0 Å². The number of amides is 2. The number of anilines is 2. The van der Waals surface area contributed by atoms with E-state index >= 15 is 0 Å². The summed E-state index contributed by atoms with van der Waals surface area (Å²) in [6.07, 6.45) is -0.304. The molecule has 3 rings (SSSR count).